The van der Waals surface area contributed by atoms with Crippen molar-refractivity contribution in [2.75, 3.05) is 11.1 Å². The Kier molecular flexibility index (Phi) is 2.80. The van der Waals surface area contributed by atoms with Gasteiger partial charge in [-0.3, -0.25) is 4.98 Å². The van der Waals surface area contributed by atoms with Crippen LogP contribution in [0.3, 0.4) is 0 Å². The summed E-state index contributed by atoms with van der Waals surface area (Å²) in [7, 11) is 0. The fourth-order valence-electron chi connectivity index (χ4n) is 2.14. The van der Waals surface area contributed by atoms with E-state index in [1.54, 1.807) is 0 Å². The maximum absolute atomic E-state index is 5.80. The van der Waals surface area contributed by atoms with Gasteiger partial charge >= 0.3 is 0 Å². The van der Waals surface area contributed by atoms with Crippen molar-refractivity contribution in [2.24, 2.45) is 0 Å². The summed E-state index contributed by atoms with van der Waals surface area (Å²) in [5.41, 5.74) is 10.8. The first-order valence-electron chi connectivity index (χ1n) is 6.20. The Hall–Kier alpha value is -2.55. The van der Waals surface area contributed by atoms with Gasteiger partial charge in [0.15, 0.2) is 0 Å². The predicted molar refractivity (Wildman–Crippen MR) is 80.6 cm³/mol. The number of hydrogen-bond donors (Lipinski definition) is 2. The lowest BCUT2D eigenvalue weighted by Gasteiger charge is -2.10. The molecule has 2 aromatic carbocycles. The summed E-state index contributed by atoms with van der Waals surface area (Å²) >= 11 is 0. The van der Waals surface area contributed by atoms with Crippen molar-refractivity contribution in [3.05, 3.63) is 60.3 Å². The molecule has 0 unspecified atom stereocenters. The van der Waals surface area contributed by atoms with Crippen LogP contribution in [0, 0.1) is 6.92 Å². The van der Waals surface area contributed by atoms with Crippen LogP contribution < -0.4 is 11.1 Å². The van der Waals surface area contributed by atoms with E-state index in [1.807, 2.05) is 42.6 Å². The molecule has 3 rings (SSSR count). The number of nitrogens with two attached hydrogens (primary N) is 1. The zero-order valence-corrected chi connectivity index (χ0v) is 10.7. The molecule has 0 aliphatic heterocycles. The van der Waals surface area contributed by atoms with E-state index in [0.29, 0.717) is 0 Å². The van der Waals surface area contributed by atoms with Gasteiger partial charge in [-0.2, -0.15) is 0 Å². The number of nitrogen functional groups attached to an aromatic ring is 1. The number of pyridine rings is 1. The molecule has 0 spiro atoms. The minimum Gasteiger partial charge on any atom is -0.399 e. The third kappa shape index (κ3) is 2.36. The van der Waals surface area contributed by atoms with Crippen molar-refractivity contribution < 1.29 is 0 Å². The second-order valence-corrected chi connectivity index (χ2v) is 4.63. The number of hydrogen-bond acceptors (Lipinski definition) is 3. The van der Waals surface area contributed by atoms with E-state index < -0.39 is 0 Å². The second-order valence-electron chi connectivity index (χ2n) is 4.63. The number of benzene rings is 2. The molecule has 1 heterocycles. The van der Waals surface area contributed by atoms with Crippen molar-refractivity contribution in [2.45, 2.75) is 6.92 Å². The smallest absolute Gasteiger partial charge is 0.0723 e. The summed E-state index contributed by atoms with van der Waals surface area (Å²) in [5, 5.41) is 4.51. The number of nitrogens with zero attached hydrogens (tertiary/aromatic N) is 1. The van der Waals surface area contributed by atoms with Crippen molar-refractivity contribution in [1.82, 2.24) is 4.98 Å². The van der Waals surface area contributed by atoms with Crippen molar-refractivity contribution in [3.63, 3.8) is 0 Å². The number of nitrogens with one attached hydrogen (secondary N) is 1. The van der Waals surface area contributed by atoms with Crippen molar-refractivity contribution in [1.29, 1.82) is 0 Å². The Morgan fingerprint density at radius 1 is 1.05 bits per heavy atom. The van der Waals surface area contributed by atoms with E-state index in [9.17, 15) is 0 Å². The first kappa shape index (κ1) is 11.5. The van der Waals surface area contributed by atoms with Crippen molar-refractivity contribution >= 4 is 28.0 Å². The molecular weight excluding hydrogens is 234 g/mol. The molecule has 0 aliphatic carbocycles. The van der Waals surface area contributed by atoms with Crippen LogP contribution in [0.15, 0.2) is 54.7 Å². The Bertz CT molecular complexity index is 735. The largest absolute Gasteiger partial charge is 0.399 e. The minimum absolute atomic E-state index is 0.750. The maximum Gasteiger partial charge on any atom is 0.0723 e. The topological polar surface area (TPSA) is 50.9 Å². The molecular formula is C16H15N3. The predicted octanol–water partition coefficient (Wildman–Crippen LogP) is 3.87. The Labute approximate surface area is 112 Å². The first-order valence-corrected chi connectivity index (χ1v) is 6.20. The molecule has 0 saturated carbocycles. The molecule has 0 atom stereocenters. The maximum atomic E-state index is 5.80. The molecule has 0 bridgehead atoms. The first-order chi connectivity index (χ1) is 9.22. The van der Waals surface area contributed by atoms with Gasteiger partial charge in [-0.05, 0) is 43.3 Å². The number of anilines is 3. The molecule has 0 fully saturated rings. The van der Waals surface area contributed by atoms with Crippen LogP contribution in [0.25, 0.3) is 10.9 Å². The van der Waals surface area contributed by atoms with Crippen LogP contribution in [-0.4, -0.2) is 4.98 Å². The van der Waals surface area contributed by atoms with Crippen LogP contribution in [0.1, 0.15) is 5.56 Å². The van der Waals surface area contributed by atoms with Crippen LogP contribution in [0.4, 0.5) is 17.1 Å². The van der Waals surface area contributed by atoms with E-state index in [4.69, 9.17) is 5.73 Å². The lowest BCUT2D eigenvalue weighted by atomic mass is 10.1. The Morgan fingerprint density at radius 2 is 1.95 bits per heavy atom. The molecule has 1 aromatic heterocycles. The molecule has 3 nitrogen and oxygen atoms in total. The van der Waals surface area contributed by atoms with Gasteiger partial charge in [0, 0.05) is 28.6 Å². The molecule has 3 N–H and O–H groups in total. The van der Waals surface area contributed by atoms with Gasteiger partial charge in [-0.1, -0.05) is 17.7 Å². The van der Waals surface area contributed by atoms with Crippen LogP contribution in [-0.2, 0) is 0 Å². The Balaban J connectivity index is 2.07. The summed E-state index contributed by atoms with van der Waals surface area (Å²) in [4.78, 5) is 4.38. The van der Waals surface area contributed by atoms with E-state index >= 15 is 0 Å². The highest BCUT2D eigenvalue weighted by atomic mass is 14.9. The number of aromatic nitrogens is 1. The molecule has 0 amide bonds. The SMILES string of the molecule is Cc1ccc2nccc(Nc3cccc(N)c3)c2c1. The average molecular weight is 249 g/mol. The third-order valence-corrected chi connectivity index (χ3v) is 3.06. The molecule has 3 aromatic rings. The van der Waals surface area contributed by atoms with Crippen molar-refractivity contribution in [3.8, 4) is 0 Å². The van der Waals surface area contributed by atoms with E-state index in [-0.39, 0.29) is 0 Å². The number of aryl methyl sites for hydroxylation is 1. The zero-order valence-electron chi connectivity index (χ0n) is 10.7. The molecule has 94 valence electrons. The monoisotopic (exact) mass is 249 g/mol. The third-order valence-electron chi connectivity index (χ3n) is 3.06. The van der Waals surface area contributed by atoms with Gasteiger partial charge in [-0.15, -0.1) is 0 Å². The molecule has 0 aliphatic rings. The summed E-state index contributed by atoms with van der Waals surface area (Å²) < 4.78 is 0. The van der Waals surface area contributed by atoms with Gasteiger partial charge < -0.3 is 11.1 Å². The Morgan fingerprint density at radius 3 is 2.79 bits per heavy atom. The van der Waals surface area contributed by atoms with Crippen LogP contribution in [0.2, 0.25) is 0 Å². The number of fused-ring (bicyclic) bond motifs is 1. The fourth-order valence-corrected chi connectivity index (χ4v) is 2.14. The van der Waals surface area contributed by atoms with E-state index in [1.165, 1.54) is 5.56 Å². The second kappa shape index (κ2) is 4.61. The summed E-state index contributed by atoms with van der Waals surface area (Å²) in [6, 6.07) is 15.9. The van der Waals surface area contributed by atoms with Gasteiger partial charge in [0.2, 0.25) is 0 Å². The summed E-state index contributed by atoms with van der Waals surface area (Å²) in [6.45, 7) is 2.08. The van der Waals surface area contributed by atoms with E-state index in [0.717, 1.165) is 28.0 Å². The lowest BCUT2D eigenvalue weighted by Crippen LogP contribution is -1.94. The summed E-state index contributed by atoms with van der Waals surface area (Å²) in [6.07, 6.45) is 1.81. The highest BCUT2D eigenvalue weighted by Gasteiger charge is 2.02. The van der Waals surface area contributed by atoms with E-state index in [2.05, 4.69) is 29.4 Å². The molecule has 0 radical (unpaired) electrons. The quantitative estimate of drug-likeness (QED) is 0.678. The highest BCUT2D eigenvalue weighted by molar-refractivity contribution is 5.93. The zero-order chi connectivity index (χ0) is 13.2. The molecule has 19 heavy (non-hydrogen) atoms. The average Bonchev–Trinajstić information content (AvgIpc) is 2.39. The highest BCUT2D eigenvalue weighted by Crippen LogP contribution is 2.26. The summed E-state index contributed by atoms with van der Waals surface area (Å²) in [5.74, 6) is 0. The molecule has 0 saturated heterocycles. The number of rotatable bonds is 2. The van der Waals surface area contributed by atoms with Crippen LogP contribution >= 0.6 is 0 Å². The van der Waals surface area contributed by atoms with Gasteiger partial charge in [-0.25, -0.2) is 0 Å². The molecule has 3 heteroatoms. The van der Waals surface area contributed by atoms with Gasteiger partial charge in [0.25, 0.3) is 0 Å². The normalized spacial score (nSPS) is 10.6. The van der Waals surface area contributed by atoms with Gasteiger partial charge in [0.1, 0.15) is 0 Å². The standard InChI is InChI=1S/C16H15N3/c1-11-5-6-15-14(9-11)16(7-8-18-15)19-13-4-2-3-12(17)10-13/h2-10H,17H2,1H3,(H,18,19). The fraction of sp³-hybridized carbons (Fsp3) is 0.0625. The van der Waals surface area contributed by atoms with Crippen LogP contribution in [0.5, 0.6) is 0 Å². The minimum atomic E-state index is 0.750. The van der Waals surface area contributed by atoms with Gasteiger partial charge in [0.05, 0.1) is 5.52 Å². The lowest BCUT2D eigenvalue weighted by molar-refractivity contribution is 1.39.